The molecule has 4 nitrogen and oxygen atoms in total. The molecule has 3 rings (SSSR count). The maximum atomic E-state index is 12.6. The van der Waals surface area contributed by atoms with E-state index in [-0.39, 0.29) is 12.4 Å². The number of fused-ring (bicyclic) bond motifs is 1. The van der Waals surface area contributed by atoms with E-state index in [0.29, 0.717) is 18.5 Å². The zero-order chi connectivity index (χ0) is 13.9. The zero-order valence-electron chi connectivity index (χ0n) is 13.2. The Morgan fingerprint density at radius 2 is 1.76 bits per heavy atom. The number of likely N-dealkylation sites (tertiary alicyclic amines) is 1. The second-order valence-corrected chi connectivity index (χ2v) is 6.84. The first-order valence-corrected chi connectivity index (χ1v) is 8.50. The molecule has 1 amide bonds. The Labute approximate surface area is 135 Å². The van der Waals surface area contributed by atoms with Crippen molar-refractivity contribution in [3.63, 3.8) is 0 Å². The summed E-state index contributed by atoms with van der Waals surface area (Å²) in [4.78, 5) is 17.2. The van der Waals surface area contributed by atoms with Crippen molar-refractivity contribution in [1.29, 1.82) is 0 Å². The highest BCUT2D eigenvalue weighted by atomic mass is 35.5. The molecule has 21 heavy (non-hydrogen) atoms. The van der Waals surface area contributed by atoms with Crippen LogP contribution in [0.25, 0.3) is 0 Å². The minimum absolute atomic E-state index is 0. The van der Waals surface area contributed by atoms with Crippen molar-refractivity contribution in [2.75, 3.05) is 39.3 Å². The summed E-state index contributed by atoms with van der Waals surface area (Å²) in [7, 11) is 0. The molecule has 0 spiro atoms. The van der Waals surface area contributed by atoms with Crippen molar-refractivity contribution in [2.24, 2.45) is 11.8 Å². The Balaban J connectivity index is 0.00000161. The summed E-state index contributed by atoms with van der Waals surface area (Å²) < 4.78 is 0. The minimum atomic E-state index is 0. The number of amides is 1. The molecule has 5 heteroatoms. The molecule has 3 fully saturated rings. The number of nitrogens with zero attached hydrogens (tertiary/aromatic N) is 2. The molecule has 2 saturated heterocycles. The molecule has 122 valence electrons. The number of carbonyl (C=O) groups excluding carboxylic acids is 1. The van der Waals surface area contributed by atoms with E-state index in [0.717, 1.165) is 44.6 Å². The van der Waals surface area contributed by atoms with Gasteiger partial charge in [0.25, 0.3) is 0 Å². The van der Waals surface area contributed by atoms with Crippen LogP contribution in [0.3, 0.4) is 0 Å². The summed E-state index contributed by atoms with van der Waals surface area (Å²) in [5.41, 5.74) is 0. The van der Waals surface area contributed by atoms with Gasteiger partial charge in [-0.15, -0.1) is 12.4 Å². The number of hydrogen-bond acceptors (Lipinski definition) is 3. The van der Waals surface area contributed by atoms with E-state index < -0.39 is 0 Å². The van der Waals surface area contributed by atoms with Gasteiger partial charge < -0.3 is 10.2 Å². The highest BCUT2D eigenvalue weighted by Gasteiger charge is 2.37. The number of nitrogens with one attached hydrogen (secondary N) is 1. The maximum absolute atomic E-state index is 12.6. The van der Waals surface area contributed by atoms with Gasteiger partial charge in [-0.2, -0.15) is 0 Å². The van der Waals surface area contributed by atoms with Crippen LogP contribution in [0.2, 0.25) is 0 Å². The van der Waals surface area contributed by atoms with E-state index in [9.17, 15) is 4.79 Å². The highest BCUT2D eigenvalue weighted by Crippen LogP contribution is 2.27. The highest BCUT2D eigenvalue weighted by molar-refractivity contribution is 5.85. The van der Waals surface area contributed by atoms with Gasteiger partial charge in [0.05, 0.1) is 6.54 Å². The second kappa shape index (κ2) is 7.80. The number of rotatable bonds is 4. The SMILES string of the molecule is CCN(C(=O)CN1C[C@H]2CNC[C@H]2C1)C1CCCCC1.Cl. The molecule has 1 aliphatic carbocycles. The van der Waals surface area contributed by atoms with Crippen LogP contribution in [0.5, 0.6) is 0 Å². The van der Waals surface area contributed by atoms with Gasteiger partial charge in [0, 0.05) is 25.7 Å². The smallest absolute Gasteiger partial charge is 0.236 e. The molecule has 1 N–H and O–H groups in total. The van der Waals surface area contributed by atoms with E-state index in [2.05, 4.69) is 22.0 Å². The van der Waals surface area contributed by atoms with Crippen LogP contribution in [0.1, 0.15) is 39.0 Å². The number of likely N-dealkylation sites (N-methyl/N-ethyl adjacent to an activating group) is 1. The van der Waals surface area contributed by atoms with E-state index in [1.165, 1.54) is 32.1 Å². The number of carbonyl (C=O) groups is 1. The lowest BCUT2D eigenvalue weighted by Crippen LogP contribution is -2.46. The fraction of sp³-hybridized carbons (Fsp3) is 0.938. The van der Waals surface area contributed by atoms with Crippen LogP contribution in [-0.2, 0) is 4.79 Å². The van der Waals surface area contributed by atoms with Crippen molar-refractivity contribution in [3.8, 4) is 0 Å². The van der Waals surface area contributed by atoms with E-state index >= 15 is 0 Å². The van der Waals surface area contributed by atoms with Crippen LogP contribution in [0.4, 0.5) is 0 Å². The van der Waals surface area contributed by atoms with Gasteiger partial charge >= 0.3 is 0 Å². The van der Waals surface area contributed by atoms with Crippen LogP contribution in [0, 0.1) is 11.8 Å². The summed E-state index contributed by atoms with van der Waals surface area (Å²) in [6.45, 7) is 8.19. The molecule has 0 radical (unpaired) electrons. The summed E-state index contributed by atoms with van der Waals surface area (Å²) in [5, 5.41) is 3.46. The van der Waals surface area contributed by atoms with Gasteiger partial charge in [0.15, 0.2) is 0 Å². The topological polar surface area (TPSA) is 35.6 Å². The first kappa shape index (κ1) is 17.0. The first-order chi connectivity index (χ1) is 9.78. The van der Waals surface area contributed by atoms with E-state index in [1.807, 2.05) is 0 Å². The lowest BCUT2D eigenvalue weighted by molar-refractivity contribution is -0.135. The summed E-state index contributed by atoms with van der Waals surface area (Å²) in [6, 6.07) is 0.519. The quantitative estimate of drug-likeness (QED) is 0.858. The lowest BCUT2D eigenvalue weighted by Gasteiger charge is -2.34. The van der Waals surface area contributed by atoms with Crippen LogP contribution in [0.15, 0.2) is 0 Å². The molecule has 0 unspecified atom stereocenters. The molecular weight excluding hydrogens is 286 g/mol. The normalized spacial score (nSPS) is 30.0. The molecule has 0 aromatic rings. The Hall–Kier alpha value is -0.320. The Morgan fingerprint density at radius 3 is 2.33 bits per heavy atom. The summed E-state index contributed by atoms with van der Waals surface area (Å²) in [6.07, 6.45) is 6.39. The van der Waals surface area contributed by atoms with Gasteiger partial charge in [-0.05, 0) is 44.7 Å². The van der Waals surface area contributed by atoms with Crippen molar-refractivity contribution in [1.82, 2.24) is 15.1 Å². The number of halogens is 1. The third-order valence-electron chi connectivity index (χ3n) is 5.50. The molecule has 1 saturated carbocycles. The average Bonchev–Trinajstić information content (AvgIpc) is 3.01. The standard InChI is InChI=1S/C16H29N3O.ClH/c1-2-19(15-6-4-3-5-7-15)16(20)12-18-10-13-8-17-9-14(13)11-18;/h13-15,17H,2-12H2,1H3;1H/t13-,14+;. The van der Waals surface area contributed by atoms with Gasteiger partial charge in [0.2, 0.25) is 5.91 Å². The predicted octanol–water partition coefficient (Wildman–Crippen LogP) is 1.74. The van der Waals surface area contributed by atoms with Crippen molar-refractivity contribution in [3.05, 3.63) is 0 Å². The van der Waals surface area contributed by atoms with Gasteiger partial charge in [0.1, 0.15) is 0 Å². The predicted molar refractivity (Wildman–Crippen MR) is 87.8 cm³/mol. The van der Waals surface area contributed by atoms with Gasteiger partial charge in [-0.1, -0.05) is 19.3 Å². The third kappa shape index (κ3) is 3.91. The van der Waals surface area contributed by atoms with Crippen molar-refractivity contribution < 1.29 is 4.79 Å². The third-order valence-corrected chi connectivity index (χ3v) is 5.50. The number of hydrogen-bond donors (Lipinski definition) is 1. The average molecular weight is 316 g/mol. The van der Waals surface area contributed by atoms with Crippen molar-refractivity contribution >= 4 is 18.3 Å². The fourth-order valence-corrected chi connectivity index (χ4v) is 4.39. The van der Waals surface area contributed by atoms with E-state index in [1.54, 1.807) is 0 Å². The van der Waals surface area contributed by atoms with Gasteiger partial charge in [-0.25, -0.2) is 0 Å². The Morgan fingerprint density at radius 1 is 1.14 bits per heavy atom. The molecular formula is C16H30ClN3O. The van der Waals surface area contributed by atoms with Crippen LogP contribution < -0.4 is 5.32 Å². The fourth-order valence-electron chi connectivity index (χ4n) is 4.39. The summed E-state index contributed by atoms with van der Waals surface area (Å²) in [5.74, 6) is 1.94. The second-order valence-electron chi connectivity index (χ2n) is 6.84. The molecule has 2 heterocycles. The minimum Gasteiger partial charge on any atom is -0.339 e. The molecule has 2 aliphatic heterocycles. The van der Waals surface area contributed by atoms with Crippen LogP contribution >= 0.6 is 12.4 Å². The van der Waals surface area contributed by atoms with Crippen LogP contribution in [-0.4, -0.2) is 61.0 Å². The maximum Gasteiger partial charge on any atom is 0.236 e. The Kier molecular flexibility index (Phi) is 6.33. The molecule has 0 bridgehead atoms. The van der Waals surface area contributed by atoms with E-state index in [4.69, 9.17) is 0 Å². The van der Waals surface area contributed by atoms with Crippen molar-refractivity contribution in [2.45, 2.75) is 45.1 Å². The molecule has 3 aliphatic rings. The molecule has 0 aromatic carbocycles. The monoisotopic (exact) mass is 315 g/mol. The largest absolute Gasteiger partial charge is 0.339 e. The zero-order valence-corrected chi connectivity index (χ0v) is 14.0. The Bertz CT molecular complexity index is 334. The lowest BCUT2D eigenvalue weighted by atomic mass is 9.94. The first-order valence-electron chi connectivity index (χ1n) is 8.50. The molecule has 0 aromatic heterocycles. The van der Waals surface area contributed by atoms with Gasteiger partial charge in [-0.3, -0.25) is 9.69 Å². The molecule has 2 atom stereocenters. The summed E-state index contributed by atoms with van der Waals surface area (Å²) >= 11 is 0.